The molecule has 0 aliphatic heterocycles. The van der Waals surface area contributed by atoms with Crippen molar-refractivity contribution in [2.45, 2.75) is 0 Å². The van der Waals surface area contributed by atoms with Crippen molar-refractivity contribution in [1.29, 1.82) is 0 Å². The van der Waals surface area contributed by atoms with Gasteiger partial charge in [-0.15, -0.1) is 0 Å². The molecule has 0 spiro atoms. The molecule has 0 bridgehead atoms. The van der Waals surface area contributed by atoms with Crippen molar-refractivity contribution in [3.05, 3.63) is 114 Å². The fourth-order valence-electron chi connectivity index (χ4n) is 4.26. The van der Waals surface area contributed by atoms with Gasteiger partial charge in [0.1, 0.15) is 5.75 Å². The van der Waals surface area contributed by atoms with Gasteiger partial charge in [0, 0.05) is 33.3 Å². The molecule has 3 heterocycles. The van der Waals surface area contributed by atoms with E-state index >= 15 is 0 Å². The summed E-state index contributed by atoms with van der Waals surface area (Å²) in [4.78, 5) is 9.53. The van der Waals surface area contributed by atoms with Crippen molar-refractivity contribution in [2.75, 3.05) is 7.11 Å². The Kier molecular flexibility index (Phi) is 5.68. The van der Waals surface area contributed by atoms with Gasteiger partial charge in [0.2, 0.25) is 0 Å². The quantitative estimate of drug-likeness (QED) is 0.252. The van der Waals surface area contributed by atoms with Gasteiger partial charge < -0.3 is 4.74 Å². The van der Waals surface area contributed by atoms with Gasteiger partial charge >= 0.3 is 0 Å². The van der Waals surface area contributed by atoms with Gasteiger partial charge in [-0.25, -0.2) is 14.6 Å². The van der Waals surface area contributed by atoms with Crippen LogP contribution in [0.15, 0.2) is 109 Å². The fourth-order valence-corrected chi connectivity index (χ4v) is 4.39. The molecule has 0 aliphatic rings. The van der Waals surface area contributed by atoms with E-state index in [1.54, 1.807) is 13.3 Å². The largest absolute Gasteiger partial charge is 0.497 e. The summed E-state index contributed by atoms with van der Waals surface area (Å²) in [6.07, 6.45) is 1.75. The number of hydrogen-bond donors (Lipinski definition) is 0. The van der Waals surface area contributed by atoms with Gasteiger partial charge in [0.25, 0.3) is 0 Å². The van der Waals surface area contributed by atoms with Crippen molar-refractivity contribution in [2.24, 2.45) is 0 Å². The zero-order chi connectivity index (χ0) is 24.5. The minimum absolute atomic E-state index is 0.656. The van der Waals surface area contributed by atoms with Crippen LogP contribution in [0.25, 0.3) is 50.5 Å². The number of methoxy groups -OCH3 is 1. The first-order chi connectivity index (χ1) is 17.7. The molecule has 0 unspecified atom stereocenters. The third-order valence-electron chi connectivity index (χ3n) is 6.09. The Labute approximate surface area is 213 Å². The molecule has 0 fully saturated rings. The Morgan fingerprint density at radius 3 is 2.25 bits per heavy atom. The van der Waals surface area contributed by atoms with Gasteiger partial charge in [0.15, 0.2) is 11.5 Å². The van der Waals surface area contributed by atoms with Crippen LogP contribution < -0.4 is 4.74 Å². The lowest BCUT2D eigenvalue weighted by molar-refractivity contribution is 0.415. The minimum atomic E-state index is 0.656. The molecule has 5 nitrogen and oxygen atoms in total. The SMILES string of the molecule is COc1ccc(-c2cc3cccnc3nc2-n2nc(-c3ccccc3)cc2-c2ccc(Cl)cc2)cc1. The molecule has 0 atom stereocenters. The van der Waals surface area contributed by atoms with E-state index in [0.29, 0.717) is 16.5 Å². The number of rotatable bonds is 5. The number of fused-ring (bicyclic) bond motifs is 1. The molecule has 3 aromatic heterocycles. The zero-order valence-corrected chi connectivity index (χ0v) is 20.2. The summed E-state index contributed by atoms with van der Waals surface area (Å²) < 4.78 is 7.28. The van der Waals surface area contributed by atoms with Gasteiger partial charge in [-0.3, -0.25) is 0 Å². The van der Waals surface area contributed by atoms with E-state index in [2.05, 4.69) is 29.2 Å². The molecule has 0 N–H and O–H groups in total. The van der Waals surface area contributed by atoms with E-state index in [-0.39, 0.29) is 0 Å². The second kappa shape index (κ2) is 9.29. The Morgan fingerprint density at radius 2 is 1.50 bits per heavy atom. The maximum Gasteiger partial charge on any atom is 0.164 e. The maximum absolute atomic E-state index is 6.20. The average Bonchev–Trinajstić information content (AvgIpc) is 3.39. The monoisotopic (exact) mass is 488 g/mol. The number of hydrogen-bond acceptors (Lipinski definition) is 4. The lowest BCUT2D eigenvalue weighted by atomic mass is 10.0. The lowest BCUT2D eigenvalue weighted by Gasteiger charge is -2.14. The van der Waals surface area contributed by atoms with Crippen molar-refractivity contribution < 1.29 is 4.74 Å². The van der Waals surface area contributed by atoms with Crippen molar-refractivity contribution in [3.8, 4) is 45.2 Å². The minimum Gasteiger partial charge on any atom is -0.497 e. The molecule has 6 aromatic rings. The Morgan fingerprint density at radius 1 is 0.750 bits per heavy atom. The third-order valence-corrected chi connectivity index (χ3v) is 6.34. The molecule has 6 heteroatoms. The normalized spacial score (nSPS) is 11.1. The highest BCUT2D eigenvalue weighted by molar-refractivity contribution is 6.30. The highest BCUT2D eigenvalue weighted by Crippen LogP contribution is 2.35. The first-order valence-electron chi connectivity index (χ1n) is 11.5. The number of ether oxygens (including phenoxy) is 1. The van der Waals surface area contributed by atoms with Gasteiger partial charge in [-0.1, -0.05) is 66.2 Å². The van der Waals surface area contributed by atoms with Crippen LogP contribution in [0.5, 0.6) is 5.75 Å². The zero-order valence-electron chi connectivity index (χ0n) is 19.5. The van der Waals surface area contributed by atoms with Crippen LogP contribution in [0.2, 0.25) is 5.02 Å². The molecule has 0 saturated carbocycles. The second-order valence-electron chi connectivity index (χ2n) is 8.34. The third kappa shape index (κ3) is 4.10. The van der Waals surface area contributed by atoms with Crippen LogP contribution in [0.1, 0.15) is 0 Å². The number of pyridine rings is 2. The Hall–Kier alpha value is -4.48. The summed E-state index contributed by atoms with van der Waals surface area (Å²) in [6.45, 7) is 0. The average molecular weight is 489 g/mol. The molecule has 6 rings (SSSR count). The summed E-state index contributed by atoms with van der Waals surface area (Å²) in [5.74, 6) is 1.49. The van der Waals surface area contributed by atoms with Crippen LogP contribution in [0.3, 0.4) is 0 Å². The van der Waals surface area contributed by atoms with E-state index in [0.717, 1.165) is 44.8 Å². The van der Waals surface area contributed by atoms with E-state index in [4.69, 9.17) is 26.4 Å². The van der Waals surface area contributed by atoms with Crippen LogP contribution in [-0.2, 0) is 0 Å². The molecular formula is C30H21ClN4O. The molecule has 36 heavy (non-hydrogen) atoms. The van der Waals surface area contributed by atoms with Crippen LogP contribution in [0.4, 0.5) is 0 Å². The number of halogens is 1. The fraction of sp³-hybridized carbons (Fsp3) is 0.0333. The Bertz CT molecular complexity index is 1660. The van der Waals surface area contributed by atoms with Gasteiger partial charge in [0.05, 0.1) is 18.5 Å². The Balaban J connectivity index is 1.63. The molecule has 0 radical (unpaired) electrons. The van der Waals surface area contributed by atoms with Gasteiger partial charge in [-0.05, 0) is 54.1 Å². The van der Waals surface area contributed by atoms with E-state index in [1.807, 2.05) is 83.5 Å². The van der Waals surface area contributed by atoms with Crippen LogP contribution in [0, 0.1) is 0 Å². The second-order valence-corrected chi connectivity index (χ2v) is 8.77. The molecule has 0 aliphatic carbocycles. The summed E-state index contributed by atoms with van der Waals surface area (Å²) in [5, 5.41) is 6.68. The topological polar surface area (TPSA) is 52.8 Å². The highest BCUT2D eigenvalue weighted by Gasteiger charge is 2.19. The summed E-state index contributed by atoms with van der Waals surface area (Å²) in [5.41, 5.74) is 6.36. The van der Waals surface area contributed by atoms with Crippen LogP contribution in [-0.4, -0.2) is 26.9 Å². The summed E-state index contributed by atoms with van der Waals surface area (Å²) in [6, 6.07) is 34.0. The molecule has 3 aromatic carbocycles. The molecular weight excluding hydrogens is 468 g/mol. The van der Waals surface area contributed by atoms with Crippen molar-refractivity contribution >= 4 is 22.6 Å². The molecule has 174 valence electrons. The summed E-state index contributed by atoms with van der Waals surface area (Å²) in [7, 11) is 1.66. The predicted molar refractivity (Wildman–Crippen MR) is 145 cm³/mol. The standard InChI is InChI=1S/C30H21ClN4O/c1-36-25-15-11-20(12-16-25)26-18-23-8-5-17-32-29(23)33-30(26)35-28(22-9-13-24(31)14-10-22)19-27(34-35)21-6-3-2-4-7-21/h2-19H,1H3. The highest BCUT2D eigenvalue weighted by atomic mass is 35.5. The van der Waals surface area contributed by atoms with Gasteiger partial charge in [-0.2, -0.15) is 5.10 Å². The lowest BCUT2D eigenvalue weighted by Crippen LogP contribution is -2.05. The molecule has 0 amide bonds. The number of aromatic nitrogens is 4. The first kappa shape index (κ1) is 22.0. The number of benzene rings is 3. The smallest absolute Gasteiger partial charge is 0.164 e. The van der Waals surface area contributed by atoms with Crippen molar-refractivity contribution in [1.82, 2.24) is 19.7 Å². The summed E-state index contributed by atoms with van der Waals surface area (Å²) >= 11 is 6.20. The number of nitrogens with zero attached hydrogens (tertiary/aromatic N) is 4. The van der Waals surface area contributed by atoms with E-state index < -0.39 is 0 Å². The molecule has 0 saturated heterocycles. The van der Waals surface area contributed by atoms with Crippen molar-refractivity contribution in [3.63, 3.8) is 0 Å². The van der Waals surface area contributed by atoms with E-state index in [1.165, 1.54) is 0 Å². The van der Waals surface area contributed by atoms with E-state index in [9.17, 15) is 0 Å². The predicted octanol–water partition coefficient (Wildman–Crippen LogP) is 7.48. The van der Waals surface area contributed by atoms with Crippen LogP contribution >= 0.6 is 11.6 Å². The maximum atomic E-state index is 6.20. The first-order valence-corrected chi connectivity index (χ1v) is 11.9.